The molecule has 1 aliphatic heterocycles. The summed E-state index contributed by atoms with van der Waals surface area (Å²) in [7, 11) is 0. The summed E-state index contributed by atoms with van der Waals surface area (Å²) in [5, 5.41) is 3.43. The van der Waals surface area contributed by atoms with Crippen LogP contribution in [0.3, 0.4) is 0 Å². The highest BCUT2D eigenvalue weighted by Crippen LogP contribution is 2.22. The summed E-state index contributed by atoms with van der Waals surface area (Å²) in [6.07, 6.45) is 1.14. The molecule has 1 aromatic carbocycles. The molecule has 88 valence electrons. The second kappa shape index (κ2) is 4.83. The summed E-state index contributed by atoms with van der Waals surface area (Å²) in [6.45, 7) is 6.91. The Morgan fingerprint density at radius 2 is 2.31 bits per heavy atom. The lowest BCUT2D eigenvalue weighted by atomic mass is 10.2. The summed E-state index contributed by atoms with van der Waals surface area (Å²) in [4.78, 5) is 2.25. The van der Waals surface area contributed by atoms with Crippen molar-refractivity contribution in [2.75, 3.05) is 24.5 Å². The van der Waals surface area contributed by atoms with Gasteiger partial charge in [0.25, 0.3) is 0 Å². The molecule has 0 aromatic heterocycles. The summed E-state index contributed by atoms with van der Waals surface area (Å²) < 4.78 is 13.4. The third-order valence-electron chi connectivity index (χ3n) is 3.20. The lowest BCUT2D eigenvalue weighted by Crippen LogP contribution is -2.32. The van der Waals surface area contributed by atoms with Crippen LogP contribution in [0.15, 0.2) is 18.2 Å². The summed E-state index contributed by atoms with van der Waals surface area (Å²) in [5.74, 6) is -0.107. The lowest BCUT2D eigenvalue weighted by molar-refractivity contribution is 0.571. The minimum absolute atomic E-state index is 0.107. The van der Waals surface area contributed by atoms with E-state index in [4.69, 9.17) is 0 Å². The van der Waals surface area contributed by atoms with Crippen molar-refractivity contribution in [3.05, 3.63) is 29.6 Å². The first-order valence-electron chi connectivity index (χ1n) is 5.95. The van der Waals surface area contributed by atoms with Gasteiger partial charge in [0.1, 0.15) is 5.82 Å². The fourth-order valence-electron chi connectivity index (χ4n) is 2.23. The van der Waals surface area contributed by atoms with Gasteiger partial charge < -0.3 is 10.2 Å². The summed E-state index contributed by atoms with van der Waals surface area (Å²) >= 11 is 0. The van der Waals surface area contributed by atoms with E-state index in [2.05, 4.69) is 17.1 Å². The lowest BCUT2D eigenvalue weighted by Gasteiger charge is -2.19. The van der Waals surface area contributed by atoms with E-state index in [-0.39, 0.29) is 5.82 Å². The predicted octanol–water partition coefficient (Wildman–Crippen LogP) is 2.32. The van der Waals surface area contributed by atoms with E-state index in [1.54, 1.807) is 13.0 Å². The van der Waals surface area contributed by atoms with Crippen LogP contribution < -0.4 is 10.2 Å². The quantitative estimate of drug-likeness (QED) is 0.844. The third-order valence-corrected chi connectivity index (χ3v) is 3.20. The number of benzene rings is 1. The van der Waals surface area contributed by atoms with Crippen molar-refractivity contribution in [1.29, 1.82) is 0 Å². The van der Waals surface area contributed by atoms with E-state index in [0.717, 1.165) is 31.7 Å². The Hall–Kier alpha value is -1.09. The average Bonchev–Trinajstić information content (AvgIpc) is 2.71. The maximum Gasteiger partial charge on any atom is 0.128 e. The monoisotopic (exact) mass is 222 g/mol. The molecule has 0 aliphatic carbocycles. The standard InChI is InChI=1S/C13H19FN2/c1-3-15-11-6-7-16(9-11)12-5-4-10(2)13(14)8-12/h4-5,8,11,15H,3,6-7,9H2,1-2H3. The highest BCUT2D eigenvalue weighted by atomic mass is 19.1. The molecule has 3 heteroatoms. The molecule has 0 amide bonds. The van der Waals surface area contributed by atoms with Crippen LogP contribution in [0, 0.1) is 12.7 Å². The number of nitrogens with zero attached hydrogens (tertiary/aromatic N) is 1. The first-order valence-corrected chi connectivity index (χ1v) is 5.95. The Morgan fingerprint density at radius 3 is 3.00 bits per heavy atom. The van der Waals surface area contributed by atoms with Crippen molar-refractivity contribution < 1.29 is 4.39 Å². The average molecular weight is 222 g/mol. The second-order valence-corrected chi connectivity index (χ2v) is 4.42. The highest BCUT2D eigenvalue weighted by molar-refractivity contribution is 5.49. The molecule has 1 atom stereocenters. The molecule has 0 spiro atoms. The van der Waals surface area contributed by atoms with E-state index < -0.39 is 0 Å². The molecule has 2 rings (SSSR count). The highest BCUT2D eigenvalue weighted by Gasteiger charge is 2.21. The zero-order valence-electron chi connectivity index (χ0n) is 9.96. The largest absolute Gasteiger partial charge is 0.370 e. The van der Waals surface area contributed by atoms with Crippen molar-refractivity contribution in [3.8, 4) is 0 Å². The maximum absolute atomic E-state index is 13.4. The topological polar surface area (TPSA) is 15.3 Å². The predicted molar refractivity (Wildman–Crippen MR) is 65.4 cm³/mol. The van der Waals surface area contributed by atoms with Gasteiger partial charge in [0.05, 0.1) is 0 Å². The van der Waals surface area contributed by atoms with Gasteiger partial charge in [-0.15, -0.1) is 0 Å². The van der Waals surface area contributed by atoms with E-state index in [1.807, 2.05) is 12.1 Å². The Morgan fingerprint density at radius 1 is 1.50 bits per heavy atom. The van der Waals surface area contributed by atoms with Gasteiger partial charge in [-0.3, -0.25) is 0 Å². The first kappa shape index (κ1) is 11.4. The molecule has 1 fully saturated rings. The fraction of sp³-hybridized carbons (Fsp3) is 0.538. The Kier molecular flexibility index (Phi) is 3.44. The number of hydrogen-bond donors (Lipinski definition) is 1. The van der Waals surface area contributed by atoms with Crippen LogP contribution in [0.5, 0.6) is 0 Å². The zero-order valence-corrected chi connectivity index (χ0v) is 9.96. The van der Waals surface area contributed by atoms with Crippen LogP contribution in [0.4, 0.5) is 10.1 Å². The van der Waals surface area contributed by atoms with E-state index in [0.29, 0.717) is 11.6 Å². The molecule has 0 saturated carbocycles. The molecular weight excluding hydrogens is 203 g/mol. The molecule has 16 heavy (non-hydrogen) atoms. The van der Waals surface area contributed by atoms with Gasteiger partial charge >= 0.3 is 0 Å². The number of likely N-dealkylation sites (N-methyl/N-ethyl adjacent to an activating group) is 1. The minimum atomic E-state index is -0.107. The molecule has 1 aromatic rings. The Labute approximate surface area is 96.5 Å². The SMILES string of the molecule is CCNC1CCN(c2ccc(C)c(F)c2)C1. The Bertz CT molecular complexity index is 365. The Balaban J connectivity index is 2.05. The van der Waals surface area contributed by atoms with Crippen molar-refractivity contribution in [3.63, 3.8) is 0 Å². The van der Waals surface area contributed by atoms with Crippen LogP contribution in [0.1, 0.15) is 18.9 Å². The fourth-order valence-corrected chi connectivity index (χ4v) is 2.23. The van der Waals surface area contributed by atoms with Crippen LogP contribution in [-0.2, 0) is 0 Å². The number of aryl methyl sites for hydroxylation is 1. The molecule has 1 unspecified atom stereocenters. The van der Waals surface area contributed by atoms with Gasteiger partial charge in [0.2, 0.25) is 0 Å². The first-order chi connectivity index (χ1) is 7.70. The third kappa shape index (κ3) is 2.35. The molecular formula is C13H19FN2. The number of hydrogen-bond acceptors (Lipinski definition) is 2. The van der Waals surface area contributed by atoms with E-state index in [9.17, 15) is 4.39 Å². The normalized spacial score (nSPS) is 20.4. The van der Waals surface area contributed by atoms with Crippen molar-refractivity contribution in [2.45, 2.75) is 26.3 Å². The van der Waals surface area contributed by atoms with Gasteiger partial charge in [-0.05, 0) is 37.6 Å². The second-order valence-electron chi connectivity index (χ2n) is 4.42. The molecule has 1 heterocycles. The molecule has 2 nitrogen and oxygen atoms in total. The van der Waals surface area contributed by atoms with Gasteiger partial charge in [-0.25, -0.2) is 4.39 Å². The summed E-state index contributed by atoms with van der Waals surface area (Å²) in [5.41, 5.74) is 1.72. The van der Waals surface area contributed by atoms with Crippen molar-refractivity contribution >= 4 is 5.69 Å². The number of halogens is 1. The van der Waals surface area contributed by atoms with Gasteiger partial charge in [-0.1, -0.05) is 13.0 Å². The van der Waals surface area contributed by atoms with Crippen LogP contribution in [0.25, 0.3) is 0 Å². The van der Waals surface area contributed by atoms with Crippen molar-refractivity contribution in [1.82, 2.24) is 5.32 Å². The zero-order chi connectivity index (χ0) is 11.5. The summed E-state index contributed by atoms with van der Waals surface area (Å²) in [6, 6.07) is 6.05. The smallest absolute Gasteiger partial charge is 0.128 e. The van der Waals surface area contributed by atoms with Gasteiger partial charge in [0.15, 0.2) is 0 Å². The van der Waals surface area contributed by atoms with Gasteiger partial charge in [0, 0.05) is 24.8 Å². The van der Waals surface area contributed by atoms with Crippen LogP contribution in [0.2, 0.25) is 0 Å². The van der Waals surface area contributed by atoms with E-state index in [1.165, 1.54) is 0 Å². The van der Waals surface area contributed by atoms with Crippen LogP contribution in [-0.4, -0.2) is 25.7 Å². The minimum Gasteiger partial charge on any atom is -0.370 e. The maximum atomic E-state index is 13.4. The molecule has 1 N–H and O–H groups in total. The van der Waals surface area contributed by atoms with Gasteiger partial charge in [-0.2, -0.15) is 0 Å². The van der Waals surface area contributed by atoms with Crippen LogP contribution >= 0.6 is 0 Å². The molecule has 1 aliphatic rings. The molecule has 0 bridgehead atoms. The van der Waals surface area contributed by atoms with Crippen molar-refractivity contribution in [2.24, 2.45) is 0 Å². The number of rotatable bonds is 3. The van der Waals surface area contributed by atoms with E-state index >= 15 is 0 Å². The number of anilines is 1. The number of nitrogens with one attached hydrogen (secondary N) is 1. The molecule has 0 radical (unpaired) electrons. The molecule has 1 saturated heterocycles.